The van der Waals surface area contributed by atoms with Gasteiger partial charge in [0.15, 0.2) is 0 Å². The lowest BCUT2D eigenvalue weighted by atomic mass is 10.3. The smallest absolute Gasteiger partial charge is 0.221 e. The van der Waals surface area contributed by atoms with Crippen LogP contribution in [-0.2, 0) is 28.7 Å². The Kier molecular flexibility index (Phi) is 14.3. The number of carbonyl (C=O) groups excluding carboxylic acids is 4. The Morgan fingerprint density at radius 1 is 0.727 bits per heavy atom. The summed E-state index contributed by atoms with van der Waals surface area (Å²) in [6, 6.07) is 0. The highest BCUT2D eigenvalue weighted by Crippen LogP contribution is 1.85. The van der Waals surface area contributed by atoms with Gasteiger partial charge in [-0.2, -0.15) is 0 Å². The van der Waals surface area contributed by atoms with Crippen LogP contribution in [0.1, 0.15) is 25.7 Å². The van der Waals surface area contributed by atoms with Crippen LogP contribution >= 0.6 is 0 Å². The van der Waals surface area contributed by atoms with Gasteiger partial charge in [0.1, 0.15) is 12.6 Å². The van der Waals surface area contributed by atoms with Crippen molar-refractivity contribution in [2.24, 2.45) is 0 Å². The van der Waals surface area contributed by atoms with Crippen molar-refractivity contribution in [3.05, 3.63) is 0 Å². The highest BCUT2D eigenvalue weighted by atomic mass is 16.5. The van der Waals surface area contributed by atoms with E-state index in [0.717, 1.165) is 6.29 Å². The number of rotatable bonds is 15. The molecule has 126 valence electrons. The standard InChI is InChI=1S/C14H24N2O6/c17-7-1-3-13(19)15-5-4-14(20)16-6-10-22-12-11-21-9-2-8-18/h7-8H,1-6,9-12H2,(H,15,19)(H,16,20). The van der Waals surface area contributed by atoms with Gasteiger partial charge in [0.25, 0.3) is 0 Å². The molecule has 0 bridgehead atoms. The van der Waals surface area contributed by atoms with Crippen LogP contribution < -0.4 is 10.6 Å². The van der Waals surface area contributed by atoms with E-state index in [-0.39, 0.29) is 37.6 Å². The molecule has 0 rings (SSSR count). The minimum Gasteiger partial charge on any atom is -0.379 e. The summed E-state index contributed by atoms with van der Waals surface area (Å²) in [6.07, 6.45) is 2.37. The summed E-state index contributed by atoms with van der Waals surface area (Å²) >= 11 is 0. The van der Waals surface area contributed by atoms with Crippen molar-refractivity contribution in [1.29, 1.82) is 0 Å². The van der Waals surface area contributed by atoms with Crippen LogP contribution in [0, 0.1) is 0 Å². The molecule has 0 aliphatic rings. The maximum Gasteiger partial charge on any atom is 0.221 e. The largest absolute Gasteiger partial charge is 0.379 e. The van der Waals surface area contributed by atoms with E-state index in [9.17, 15) is 19.2 Å². The zero-order valence-electron chi connectivity index (χ0n) is 12.7. The summed E-state index contributed by atoms with van der Waals surface area (Å²) in [6.45, 7) is 2.20. The van der Waals surface area contributed by atoms with E-state index < -0.39 is 0 Å². The van der Waals surface area contributed by atoms with Crippen molar-refractivity contribution in [2.75, 3.05) is 39.5 Å². The average molecular weight is 316 g/mol. The molecule has 0 heterocycles. The highest BCUT2D eigenvalue weighted by molar-refractivity contribution is 5.80. The summed E-state index contributed by atoms with van der Waals surface area (Å²) in [5.41, 5.74) is 0. The SMILES string of the molecule is O=CCCOCCOCCNC(=O)CCNC(=O)CCC=O. The van der Waals surface area contributed by atoms with Crippen LogP contribution in [0.4, 0.5) is 0 Å². The molecule has 22 heavy (non-hydrogen) atoms. The zero-order chi connectivity index (χ0) is 16.5. The third-order valence-corrected chi connectivity index (χ3v) is 2.48. The number of nitrogens with one attached hydrogen (secondary N) is 2. The van der Waals surface area contributed by atoms with Gasteiger partial charge in [0.05, 0.1) is 26.4 Å². The van der Waals surface area contributed by atoms with Crippen molar-refractivity contribution in [3.63, 3.8) is 0 Å². The number of carbonyl (C=O) groups is 4. The van der Waals surface area contributed by atoms with Crippen molar-refractivity contribution >= 4 is 24.4 Å². The van der Waals surface area contributed by atoms with Gasteiger partial charge in [-0.15, -0.1) is 0 Å². The molecule has 0 aliphatic carbocycles. The Labute approximate surface area is 129 Å². The molecule has 0 aromatic rings. The molecule has 8 heteroatoms. The molecular formula is C14H24N2O6. The second kappa shape index (κ2) is 15.6. The Morgan fingerprint density at radius 2 is 1.32 bits per heavy atom. The molecule has 0 atom stereocenters. The van der Waals surface area contributed by atoms with Gasteiger partial charge in [-0.3, -0.25) is 9.59 Å². The molecule has 0 saturated carbocycles. The first kappa shape index (κ1) is 20.2. The minimum absolute atomic E-state index is 0.147. The van der Waals surface area contributed by atoms with E-state index >= 15 is 0 Å². The van der Waals surface area contributed by atoms with E-state index in [0.29, 0.717) is 45.7 Å². The van der Waals surface area contributed by atoms with Crippen LogP contribution in [0.2, 0.25) is 0 Å². The van der Waals surface area contributed by atoms with Crippen molar-refractivity contribution in [1.82, 2.24) is 10.6 Å². The molecule has 2 amide bonds. The maximum absolute atomic E-state index is 11.4. The quantitative estimate of drug-likeness (QED) is 0.302. The molecule has 2 N–H and O–H groups in total. The maximum atomic E-state index is 11.4. The normalized spacial score (nSPS) is 10.0. The molecular weight excluding hydrogens is 292 g/mol. The summed E-state index contributed by atoms with van der Waals surface area (Å²) in [5.74, 6) is -0.417. The monoisotopic (exact) mass is 316 g/mol. The molecule has 0 aromatic heterocycles. The minimum atomic E-state index is -0.238. The topological polar surface area (TPSA) is 111 Å². The molecule has 0 fully saturated rings. The van der Waals surface area contributed by atoms with Crippen molar-refractivity contribution in [3.8, 4) is 0 Å². The Hall–Kier alpha value is -1.80. The van der Waals surface area contributed by atoms with Crippen molar-refractivity contribution in [2.45, 2.75) is 25.7 Å². The number of aldehydes is 2. The molecule has 0 saturated heterocycles. The van der Waals surface area contributed by atoms with Crippen LogP contribution in [0.5, 0.6) is 0 Å². The lowest BCUT2D eigenvalue weighted by molar-refractivity contribution is -0.123. The fourth-order valence-electron chi connectivity index (χ4n) is 1.40. The second-order valence-electron chi connectivity index (χ2n) is 4.34. The van der Waals surface area contributed by atoms with E-state index in [1.807, 2.05) is 0 Å². The second-order valence-corrected chi connectivity index (χ2v) is 4.34. The zero-order valence-corrected chi connectivity index (χ0v) is 12.7. The summed E-state index contributed by atoms with van der Waals surface area (Å²) in [7, 11) is 0. The van der Waals surface area contributed by atoms with Crippen LogP contribution in [0.25, 0.3) is 0 Å². The Balaban J connectivity index is 3.30. The Morgan fingerprint density at radius 3 is 2.00 bits per heavy atom. The fourth-order valence-corrected chi connectivity index (χ4v) is 1.40. The molecule has 0 unspecified atom stereocenters. The van der Waals surface area contributed by atoms with Gasteiger partial charge in [-0.05, 0) is 0 Å². The van der Waals surface area contributed by atoms with Crippen LogP contribution in [0.15, 0.2) is 0 Å². The molecule has 0 aromatic carbocycles. The van der Waals surface area contributed by atoms with Crippen LogP contribution in [0.3, 0.4) is 0 Å². The number of hydrogen-bond donors (Lipinski definition) is 2. The molecule has 0 aliphatic heterocycles. The highest BCUT2D eigenvalue weighted by Gasteiger charge is 2.03. The van der Waals surface area contributed by atoms with Crippen molar-refractivity contribution < 1.29 is 28.7 Å². The fraction of sp³-hybridized carbons (Fsp3) is 0.714. The van der Waals surface area contributed by atoms with Gasteiger partial charge in [0, 0.05) is 38.8 Å². The first-order valence-corrected chi connectivity index (χ1v) is 7.27. The lowest BCUT2D eigenvalue weighted by Crippen LogP contribution is -2.32. The number of ether oxygens (including phenoxy) is 2. The van der Waals surface area contributed by atoms with Gasteiger partial charge >= 0.3 is 0 Å². The Bertz CT molecular complexity index is 335. The average Bonchev–Trinajstić information content (AvgIpc) is 2.51. The van der Waals surface area contributed by atoms with Gasteiger partial charge in [0.2, 0.25) is 11.8 Å². The predicted molar refractivity (Wildman–Crippen MR) is 78.3 cm³/mol. The van der Waals surface area contributed by atoms with Gasteiger partial charge in [-0.1, -0.05) is 0 Å². The summed E-state index contributed by atoms with van der Waals surface area (Å²) in [4.78, 5) is 42.7. The van der Waals surface area contributed by atoms with Crippen LogP contribution in [-0.4, -0.2) is 63.9 Å². The molecule has 0 spiro atoms. The first-order chi connectivity index (χ1) is 10.7. The van der Waals surface area contributed by atoms with Gasteiger partial charge < -0.3 is 29.7 Å². The van der Waals surface area contributed by atoms with E-state index in [1.54, 1.807) is 0 Å². The van der Waals surface area contributed by atoms with E-state index in [4.69, 9.17) is 9.47 Å². The lowest BCUT2D eigenvalue weighted by Gasteiger charge is -2.07. The number of hydrogen-bond acceptors (Lipinski definition) is 6. The summed E-state index contributed by atoms with van der Waals surface area (Å²) in [5, 5.41) is 5.20. The van der Waals surface area contributed by atoms with E-state index in [2.05, 4.69) is 10.6 Å². The first-order valence-electron chi connectivity index (χ1n) is 7.27. The number of amides is 2. The molecule has 0 radical (unpaired) electrons. The van der Waals surface area contributed by atoms with E-state index in [1.165, 1.54) is 0 Å². The molecule has 8 nitrogen and oxygen atoms in total. The third kappa shape index (κ3) is 14.6. The third-order valence-electron chi connectivity index (χ3n) is 2.48. The van der Waals surface area contributed by atoms with Gasteiger partial charge in [-0.25, -0.2) is 0 Å². The summed E-state index contributed by atoms with van der Waals surface area (Å²) < 4.78 is 10.3. The predicted octanol–water partition coefficient (Wildman–Crippen LogP) is -0.790.